The molecule has 100 valence electrons. The summed E-state index contributed by atoms with van der Waals surface area (Å²) in [5.74, 6) is 0.205. The fourth-order valence-electron chi connectivity index (χ4n) is 2.06. The van der Waals surface area contributed by atoms with Gasteiger partial charge in [0.15, 0.2) is 6.23 Å². The van der Waals surface area contributed by atoms with Crippen LogP contribution in [0.15, 0.2) is 48.5 Å². The lowest BCUT2D eigenvalue weighted by atomic mass is 10.1. The molecule has 1 N–H and O–H groups in total. The van der Waals surface area contributed by atoms with E-state index in [1.54, 1.807) is 36.4 Å². The molecule has 0 saturated carbocycles. The van der Waals surface area contributed by atoms with Crippen molar-refractivity contribution in [3.63, 3.8) is 0 Å². The van der Waals surface area contributed by atoms with Crippen LogP contribution in [0.1, 0.15) is 22.1 Å². The summed E-state index contributed by atoms with van der Waals surface area (Å²) in [6.07, 6.45) is -0.725. The normalized spacial score (nSPS) is 16.8. The first-order chi connectivity index (χ1) is 9.65. The molecule has 1 heterocycles. The number of nitro benzene ring substituents is 1. The number of nitrogens with one attached hydrogen (secondary N) is 1. The monoisotopic (exact) mass is 270 g/mol. The van der Waals surface area contributed by atoms with Crippen LogP contribution in [-0.4, -0.2) is 10.8 Å². The van der Waals surface area contributed by atoms with Crippen LogP contribution in [0.25, 0.3) is 0 Å². The van der Waals surface area contributed by atoms with Gasteiger partial charge < -0.3 is 10.1 Å². The average Bonchev–Trinajstić information content (AvgIpc) is 2.47. The maximum absolute atomic E-state index is 12.0. The van der Waals surface area contributed by atoms with E-state index in [9.17, 15) is 14.9 Å². The van der Waals surface area contributed by atoms with E-state index in [0.717, 1.165) is 0 Å². The Hall–Kier alpha value is -2.89. The number of nitrogens with zero attached hydrogens (tertiary/aromatic N) is 1. The molecule has 0 aromatic heterocycles. The maximum Gasteiger partial charge on any atom is 0.269 e. The third-order valence-electron chi connectivity index (χ3n) is 3.02. The molecule has 0 spiro atoms. The lowest BCUT2D eigenvalue weighted by Gasteiger charge is -2.26. The Morgan fingerprint density at radius 1 is 1.15 bits per heavy atom. The summed E-state index contributed by atoms with van der Waals surface area (Å²) in [7, 11) is 0. The van der Waals surface area contributed by atoms with Gasteiger partial charge in [0.05, 0.1) is 10.5 Å². The molecule has 1 atom stereocenters. The summed E-state index contributed by atoms with van der Waals surface area (Å²) >= 11 is 0. The summed E-state index contributed by atoms with van der Waals surface area (Å²) < 4.78 is 5.67. The van der Waals surface area contributed by atoms with Crippen LogP contribution in [-0.2, 0) is 0 Å². The van der Waals surface area contributed by atoms with Crippen molar-refractivity contribution in [1.29, 1.82) is 0 Å². The quantitative estimate of drug-likeness (QED) is 0.671. The highest BCUT2D eigenvalue weighted by atomic mass is 16.6. The van der Waals surface area contributed by atoms with Crippen molar-refractivity contribution in [2.75, 3.05) is 0 Å². The van der Waals surface area contributed by atoms with Gasteiger partial charge in [-0.25, -0.2) is 0 Å². The van der Waals surface area contributed by atoms with Gasteiger partial charge in [0, 0.05) is 17.7 Å². The van der Waals surface area contributed by atoms with Crippen LogP contribution in [0, 0.1) is 10.1 Å². The fraction of sp³-hybridized carbons (Fsp3) is 0.0714. The Bertz CT molecular complexity index is 699. The minimum absolute atomic E-state index is 0.0424. The highest BCUT2D eigenvalue weighted by Crippen LogP contribution is 2.29. The van der Waals surface area contributed by atoms with Gasteiger partial charge in [-0.15, -0.1) is 0 Å². The molecular weight excluding hydrogens is 260 g/mol. The number of benzene rings is 2. The Balaban J connectivity index is 1.95. The smallest absolute Gasteiger partial charge is 0.269 e. The second-order valence-electron chi connectivity index (χ2n) is 4.32. The van der Waals surface area contributed by atoms with E-state index < -0.39 is 11.2 Å². The number of rotatable bonds is 2. The van der Waals surface area contributed by atoms with Crippen LogP contribution >= 0.6 is 0 Å². The second kappa shape index (κ2) is 4.65. The zero-order valence-corrected chi connectivity index (χ0v) is 10.3. The van der Waals surface area contributed by atoms with Gasteiger partial charge in [0.2, 0.25) is 0 Å². The topological polar surface area (TPSA) is 81.5 Å². The number of hydrogen-bond donors (Lipinski definition) is 1. The van der Waals surface area contributed by atoms with Gasteiger partial charge in [-0.1, -0.05) is 24.3 Å². The standard InChI is InChI=1S/C14H10N2O4/c17-13-11-6-1-2-7-12(11)20-14(15-13)9-4-3-5-10(8-9)16(18)19/h1-8,14H,(H,15,17). The average molecular weight is 270 g/mol. The molecule has 6 nitrogen and oxygen atoms in total. The highest BCUT2D eigenvalue weighted by Gasteiger charge is 2.26. The lowest BCUT2D eigenvalue weighted by molar-refractivity contribution is -0.385. The predicted molar refractivity (Wildman–Crippen MR) is 70.4 cm³/mol. The van der Waals surface area contributed by atoms with Crippen molar-refractivity contribution >= 4 is 11.6 Å². The third kappa shape index (κ3) is 2.07. The van der Waals surface area contributed by atoms with Crippen molar-refractivity contribution in [2.24, 2.45) is 0 Å². The van der Waals surface area contributed by atoms with Crippen molar-refractivity contribution in [3.8, 4) is 5.75 Å². The number of amides is 1. The van der Waals surface area contributed by atoms with Gasteiger partial charge in [-0.2, -0.15) is 0 Å². The molecule has 0 fully saturated rings. The predicted octanol–water partition coefficient (Wildman–Crippen LogP) is 2.42. The molecule has 0 radical (unpaired) electrons. The first-order valence-corrected chi connectivity index (χ1v) is 5.96. The van der Waals surface area contributed by atoms with E-state index in [1.165, 1.54) is 12.1 Å². The Morgan fingerprint density at radius 3 is 2.75 bits per heavy atom. The van der Waals surface area contributed by atoms with Crippen LogP contribution in [0.2, 0.25) is 0 Å². The number of carbonyl (C=O) groups is 1. The number of non-ortho nitro benzene ring substituents is 1. The molecule has 6 heteroatoms. The molecule has 2 aromatic carbocycles. The number of para-hydroxylation sites is 1. The van der Waals surface area contributed by atoms with E-state index in [0.29, 0.717) is 16.9 Å². The highest BCUT2D eigenvalue weighted by molar-refractivity contribution is 5.97. The molecule has 0 aliphatic carbocycles. The molecule has 1 unspecified atom stereocenters. The summed E-state index contributed by atoms with van der Waals surface area (Å²) in [5.41, 5.74) is 0.940. The van der Waals surface area contributed by atoms with E-state index in [2.05, 4.69) is 5.32 Å². The van der Waals surface area contributed by atoms with Crippen molar-refractivity contribution < 1.29 is 14.5 Å². The fourth-order valence-corrected chi connectivity index (χ4v) is 2.06. The Morgan fingerprint density at radius 2 is 1.95 bits per heavy atom. The minimum Gasteiger partial charge on any atom is -0.466 e. The van der Waals surface area contributed by atoms with Crippen molar-refractivity contribution in [2.45, 2.75) is 6.23 Å². The molecule has 0 saturated heterocycles. The Kier molecular flexibility index (Phi) is 2.83. The number of nitro groups is 1. The summed E-state index contributed by atoms with van der Waals surface area (Å²) in [4.78, 5) is 22.3. The molecule has 1 aliphatic heterocycles. The number of fused-ring (bicyclic) bond motifs is 1. The van der Waals surface area contributed by atoms with Gasteiger partial charge >= 0.3 is 0 Å². The van der Waals surface area contributed by atoms with Crippen LogP contribution in [0.5, 0.6) is 5.75 Å². The SMILES string of the molecule is O=C1NC(c2cccc([N+](=O)[O-])c2)Oc2ccccc21. The zero-order valence-electron chi connectivity index (χ0n) is 10.3. The van der Waals surface area contributed by atoms with E-state index in [-0.39, 0.29) is 11.6 Å². The van der Waals surface area contributed by atoms with E-state index >= 15 is 0 Å². The van der Waals surface area contributed by atoms with Crippen LogP contribution in [0.3, 0.4) is 0 Å². The van der Waals surface area contributed by atoms with Crippen molar-refractivity contribution in [1.82, 2.24) is 5.32 Å². The molecule has 2 aromatic rings. The van der Waals surface area contributed by atoms with Gasteiger partial charge in [0.1, 0.15) is 5.75 Å². The number of carbonyl (C=O) groups excluding carboxylic acids is 1. The molecule has 1 aliphatic rings. The largest absolute Gasteiger partial charge is 0.466 e. The first-order valence-electron chi connectivity index (χ1n) is 5.96. The Labute approximate surface area is 114 Å². The molecule has 0 bridgehead atoms. The summed E-state index contributed by atoms with van der Waals surface area (Å²) in [6.45, 7) is 0. The zero-order chi connectivity index (χ0) is 14.1. The molecule has 3 rings (SSSR count). The van der Waals surface area contributed by atoms with Gasteiger partial charge in [-0.3, -0.25) is 14.9 Å². The number of ether oxygens (including phenoxy) is 1. The summed E-state index contributed by atoms with van der Waals surface area (Å²) in [5, 5.41) is 13.4. The van der Waals surface area contributed by atoms with Gasteiger partial charge in [0.25, 0.3) is 11.6 Å². The number of hydrogen-bond acceptors (Lipinski definition) is 4. The van der Waals surface area contributed by atoms with E-state index in [1.807, 2.05) is 0 Å². The van der Waals surface area contributed by atoms with Crippen molar-refractivity contribution in [3.05, 3.63) is 69.8 Å². The molecule has 1 amide bonds. The lowest BCUT2D eigenvalue weighted by Crippen LogP contribution is -2.36. The third-order valence-corrected chi connectivity index (χ3v) is 3.02. The first kappa shape index (κ1) is 12.2. The minimum atomic E-state index is -0.725. The van der Waals surface area contributed by atoms with Gasteiger partial charge in [-0.05, 0) is 12.1 Å². The van der Waals surface area contributed by atoms with Crippen LogP contribution in [0.4, 0.5) is 5.69 Å². The molecular formula is C14H10N2O4. The summed E-state index contributed by atoms with van der Waals surface area (Å²) in [6, 6.07) is 12.9. The maximum atomic E-state index is 12.0. The molecule has 20 heavy (non-hydrogen) atoms. The van der Waals surface area contributed by atoms with Crippen LogP contribution < -0.4 is 10.1 Å². The van der Waals surface area contributed by atoms with E-state index in [4.69, 9.17) is 4.74 Å². The second-order valence-corrected chi connectivity index (χ2v) is 4.32.